The first-order chi connectivity index (χ1) is 59.1. The Morgan fingerprint density at radius 1 is 0.394 bits per heavy atom. The van der Waals surface area contributed by atoms with Gasteiger partial charge in [0, 0.05) is 134 Å². The second-order valence-corrected chi connectivity index (χ2v) is 29.2. The van der Waals surface area contributed by atoms with Gasteiger partial charge in [-0.15, -0.1) is 0 Å². The van der Waals surface area contributed by atoms with Crippen LogP contribution in [-0.2, 0) is 205 Å². The van der Waals surface area contributed by atoms with Gasteiger partial charge in [-0.2, -0.15) is 0 Å². The van der Waals surface area contributed by atoms with Crippen molar-refractivity contribution in [2.45, 2.75) is 272 Å². The first-order valence-electron chi connectivity index (χ1n) is 39.3. The SMILES string of the molecule is CCOC1=C(C(=O)O)O[C@@H]([C@H](O)[C@H](O)CO)[C@H](C)[C@H]1OC(C)=O.CCOC1=C(C(=O)OC)O[C@@H]([C@H](OC(C)=O)[C@@H](COC(C)=O)OC(C)=O)[C@H](C)[C@H]1OC(C)=O.CCO[C@H]1[C@H](OC(C)=O)[C@@H](C)[C@H]([C@H](OC(C)=O)[C@@H](COC(C)=O)OC(C)=O)O[C@]1(Br)C(=O)OC.CCO[C@H]1[C@H](OC(C)=O)[C@@H](C)[C@H]([C@H](OC(C)=O)[C@@H](COC(C)=O)OC(C)=O)O[C@]1(OC(C)=O)C(=O)OC. The van der Waals surface area contributed by atoms with Crippen LogP contribution in [0.3, 0.4) is 0 Å². The Morgan fingerprint density at radius 3 is 1.05 bits per heavy atom. The molecule has 4 aliphatic heterocycles. The number of carbonyl (C=O) groups is 18. The maximum absolute atomic E-state index is 13.1. The van der Waals surface area contributed by atoms with Gasteiger partial charge in [0.2, 0.25) is 11.5 Å². The van der Waals surface area contributed by atoms with E-state index in [9.17, 15) is 102 Å². The maximum Gasteiger partial charge on any atom is 0.382 e. The van der Waals surface area contributed by atoms with E-state index in [0.29, 0.717) is 0 Å². The van der Waals surface area contributed by atoms with Crippen molar-refractivity contribution in [1.82, 2.24) is 0 Å². The summed E-state index contributed by atoms with van der Waals surface area (Å²) in [6.45, 7) is 26.5. The lowest BCUT2D eigenvalue weighted by Crippen LogP contribution is -2.71. The Morgan fingerprint density at radius 2 is 0.732 bits per heavy atom. The number of carbonyl (C=O) groups excluding carboxylic acids is 17. The van der Waals surface area contributed by atoms with Gasteiger partial charge in [0.05, 0.1) is 41.2 Å². The molecule has 0 unspecified atom stereocenters. The largest absolute Gasteiger partial charge is 0.490 e. The van der Waals surface area contributed by atoms with Crippen molar-refractivity contribution in [1.29, 1.82) is 0 Å². The van der Waals surface area contributed by atoms with Gasteiger partial charge < -0.3 is 139 Å². The lowest BCUT2D eigenvalue weighted by atomic mass is 9.82. The van der Waals surface area contributed by atoms with E-state index in [1.165, 1.54) is 20.8 Å². The lowest BCUT2D eigenvalue weighted by Gasteiger charge is -2.50. The van der Waals surface area contributed by atoms with Crippen molar-refractivity contribution in [3.8, 4) is 0 Å². The van der Waals surface area contributed by atoms with Gasteiger partial charge in [-0.1, -0.05) is 27.7 Å². The number of methoxy groups -OCH3 is 3. The van der Waals surface area contributed by atoms with Gasteiger partial charge in [-0.3, -0.25) is 67.1 Å². The second kappa shape index (κ2) is 54.5. The van der Waals surface area contributed by atoms with Gasteiger partial charge in [-0.25, -0.2) is 19.2 Å². The van der Waals surface area contributed by atoms with Crippen LogP contribution in [0.5, 0.6) is 0 Å². The first kappa shape index (κ1) is 114. The van der Waals surface area contributed by atoms with E-state index in [0.717, 1.165) is 104 Å². The van der Waals surface area contributed by atoms with Crippen molar-refractivity contribution in [3.05, 3.63) is 23.0 Å². The molecule has 0 aromatic rings. The van der Waals surface area contributed by atoms with Crippen LogP contribution in [0.15, 0.2) is 23.0 Å². The lowest BCUT2D eigenvalue weighted by molar-refractivity contribution is -0.350. The van der Waals surface area contributed by atoms with Crippen LogP contribution >= 0.6 is 15.9 Å². The van der Waals surface area contributed by atoms with Crippen LogP contribution in [0.4, 0.5) is 0 Å². The second-order valence-electron chi connectivity index (χ2n) is 28.0. The highest BCUT2D eigenvalue weighted by atomic mass is 79.9. The number of rotatable bonds is 38. The van der Waals surface area contributed by atoms with Crippen molar-refractivity contribution in [3.63, 3.8) is 0 Å². The normalized spacial score (nSPS) is 25.8. The van der Waals surface area contributed by atoms with Crippen molar-refractivity contribution >= 4 is 123 Å². The molecular formula is C79H117BrO47. The smallest absolute Gasteiger partial charge is 0.382 e. The van der Waals surface area contributed by atoms with Crippen LogP contribution in [0.2, 0.25) is 0 Å². The number of ether oxygens (including phenoxy) is 25. The molecule has 48 heteroatoms. The third-order valence-electron chi connectivity index (χ3n) is 18.0. The van der Waals surface area contributed by atoms with Gasteiger partial charge in [-0.05, 0) is 43.6 Å². The molecule has 2 saturated heterocycles. The molecule has 4 aliphatic rings. The molecule has 2 fully saturated rings. The van der Waals surface area contributed by atoms with Gasteiger partial charge in [0.25, 0.3) is 4.51 Å². The molecule has 4 rings (SSSR count). The standard InChI is InChI=1S/C23H34O14.C21H31BrO12.C21H30O12.C14H22O9/c1-9-31-21-19(34-14(5)26)11(2)18(37-23(21,22(29)30-8)36-16(7)28)20(35-15(6)27)17(33-13(4)25)10-32-12(3)24;1-8-29-19-17(32-13(5)25)10(2)16(34-21(19,22)20(27)28-7)18(33-14(6)26)15(31-12(4)24)9-30-11(3)23;1-8-28-19-17(31-13(5)24)10(2)16(33-20(19)21(26)27-7)18(32-14(6)25)15(30-12(4)23)9-29-11(3)22;1-4-21-12-11(22-7(3)16)6(2)10(9(18)8(17)5-15)23-13(12)14(19)20/h11,17-21H,9-10H2,1-8H3;10,15-19H,8-9H2,1-7H3;10,15-18H,8-9H2,1-7H3;6,8-11,15,17-18H,4-5H2,1-3H3,(H,19,20)/t11-,17+,18+,19+,20+,21-,23-;10-,15+,16+,17+,18+,19-,21-;10-,15+,16+,17+,18+;6-,8+,9+,10+,11+/m0000/s1. The van der Waals surface area contributed by atoms with Crippen LogP contribution in [-0.4, -0.2) is 322 Å². The topological polar surface area (TPSA) is 619 Å². The molecule has 0 radical (unpaired) electrons. The average Bonchev–Trinajstić information content (AvgIpc) is 0.741. The van der Waals surface area contributed by atoms with Crippen molar-refractivity contribution in [2.24, 2.45) is 23.7 Å². The Bertz CT molecular complexity index is 3850. The van der Waals surface area contributed by atoms with E-state index < -0.39 is 289 Å². The molecule has 0 aromatic heterocycles. The van der Waals surface area contributed by atoms with Crippen molar-refractivity contribution in [2.75, 3.05) is 74.2 Å². The fraction of sp³-hybridized carbons (Fsp3) is 0.722. The number of esters is 17. The summed E-state index contributed by atoms with van der Waals surface area (Å²) in [5.41, 5.74) is 0. The number of aliphatic carboxylic acids is 1. The highest BCUT2D eigenvalue weighted by Gasteiger charge is 2.67. The summed E-state index contributed by atoms with van der Waals surface area (Å²) in [7, 11) is 3.24. The number of hydrogen-bond donors (Lipinski definition) is 4. The van der Waals surface area contributed by atoms with Crippen molar-refractivity contribution < 1.29 is 225 Å². The molecule has 24 atom stereocenters. The zero-order chi connectivity index (χ0) is 97.7. The summed E-state index contributed by atoms with van der Waals surface area (Å²) >= 11 is 3.24. The molecule has 0 aromatic carbocycles. The number of hydrogen-bond acceptors (Lipinski definition) is 46. The summed E-state index contributed by atoms with van der Waals surface area (Å²) in [6, 6.07) is 0. The van der Waals surface area contributed by atoms with Gasteiger partial charge in [0.15, 0.2) is 66.5 Å². The highest BCUT2D eigenvalue weighted by Crippen LogP contribution is 2.46. The zero-order valence-corrected chi connectivity index (χ0v) is 76.7. The fourth-order valence-corrected chi connectivity index (χ4v) is 13.9. The summed E-state index contributed by atoms with van der Waals surface area (Å²) in [5, 5.41) is 37.8. The predicted molar refractivity (Wildman–Crippen MR) is 419 cm³/mol. The quantitative estimate of drug-likeness (QED) is 0.0381. The van der Waals surface area contributed by atoms with E-state index in [2.05, 4.69) is 15.9 Å². The number of aliphatic hydroxyl groups excluding tert-OH is 3. The molecule has 0 bridgehead atoms. The molecule has 4 heterocycles. The minimum atomic E-state index is -2.63. The number of carboxylic acids is 1. The number of carboxylic acid groups (broad SMARTS) is 1. The summed E-state index contributed by atoms with van der Waals surface area (Å²) < 4.78 is 132. The maximum atomic E-state index is 13.1. The minimum absolute atomic E-state index is 0.0287. The van der Waals surface area contributed by atoms with Crippen LogP contribution in [0.25, 0.3) is 0 Å². The number of aliphatic hydroxyl groups is 3. The molecule has 0 saturated carbocycles. The minimum Gasteiger partial charge on any atom is -0.490 e. The van der Waals surface area contributed by atoms with E-state index in [-0.39, 0.29) is 37.9 Å². The zero-order valence-electron chi connectivity index (χ0n) is 75.1. The third-order valence-corrected chi connectivity index (χ3v) is 18.9. The van der Waals surface area contributed by atoms with E-state index >= 15 is 0 Å². The molecule has 0 spiro atoms. The Hall–Kier alpha value is -10.7. The van der Waals surface area contributed by atoms with E-state index in [4.69, 9.17) is 124 Å². The molecular weight excluding hydrogens is 1780 g/mol. The Kier molecular flexibility index (Phi) is 49.1. The van der Waals surface area contributed by atoms with Crippen LogP contribution in [0.1, 0.15) is 152 Å². The van der Waals surface area contributed by atoms with E-state index in [1.807, 2.05) is 0 Å². The molecule has 127 heavy (non-hydrogen) atoms. The Labute approximate surface area is 739 Å². The fourth-order valence-electron chi connectivity index (χ4n) is 13.2. The average molecular weight is 1900 g/mol. The number of halogens is 1. The summed E-state index contributed by atoms with van der Waals surface area (Å²) in [5.74, 6) is -22.1. The first-order valence-corrected chi connectivity index (χ1v) is 40.1. The molecule has 47 nitrogen and oxygen atoms in total. The molecule has 722 valence electrons. The monoisotopic (exact) mass is 1900 g/mol. The predicted octanol–water partition coefficient (Wildman–Crippen LogP) is 1.07. The van der Waals surface area contributed by atoms with Gasteiger partial charge in [0.1, 0.15) is 74.8 Å². The van der Waals surface area contributed by atoms with E-state index in [1.54, 1.807) is 48.5 Å². The summed E-state index contributed by atoms with van der Waals surface area (Å²) in [6.07, 6.45) is -23.8. The highest BCUT2D eigenvalue weighted by molar-refractivity contribution is 9.10. The summed E-state index contributed by atoms with van der Waals surface area (Å²) in [4.78, 5) is 214. The Balaban J connectivity index is 0.000000857. The molecule has 0 amide bonds. The van der Waals surface area contributed by atoms with Gasteiger partial charge >= 0.3 is 113 Å². The third kappa shape index (κ3) is 34.5. The van der Waals surface area contributed by atoms with Crippen LogP contribution < -0.4 is 0 Å². The molecule has 4 N–H and O–H groups in total. The number of alkyl halides is 1. The molecule has 0 aliphatic carbocycles. The van der Waals surface area contributed by atoms with Crippen LogP contribution in [0, 0.1) is 23.7 Å².